The van der Waals surface area contributed by atoms with Crippen molar-refractivity contribution in [3.8, 4) is 0 Å². The van der Waals surface area contributed by atoms with Gasteiger partial charge in [-0.3, -0.25) is 0 Å². The first-order valence-electron chi connectivity index (χ1n) is 6.80. The number of halogens is 1. The molecule has 2 rings (SSSR count). The third-order valence-corrected chi connectivity index (χ3v) is 3.82. The summed E-state index contributed by atoms with van der Waals surface area (Å²) in [6, 6.07) is 7.34. The lowest BCUT2D eigenvalue weighted by molar-refractivity contribution is 0.0955. The number of nitrogens with one attached hydrogen (secondary N) is 1. The molecule has 0 aliphatic carbocycles. The maximum Gasteiger partial charge on any atom is 0.126 e. The molecule has 1 fully saturated rings. The summed E-state index contributed by atoms with van der Waals surface area (Å²) in [5.74, 6) is 0.372. The molecule has 1 saturated heterocycles. The van der Waals surface area contributed by atoms with Crippen LogP contribution in [0.2, 0.25) is 0 Å². The van der Waals surface area contributed by atoms with Crippen LogP contribution in [0.4, 0.5) is 4.39 Å². The summed E-state index contributed by atoms with van der Waals surface area (Å²) >= 11 is 0. The van der Waals surface area contributed by atoms with Crippen LogP contribution in [0.1, 0.15) is 25.8 Å². The second-order valence-corrected chi connectivity index (χ2v) is 4.99. The molecule has 18 heavy (non-hydrogen) atoms. The van der Waals surface area contributed by atoms with E-state index in [1.165, 1.54) is 6.07 Å². The van der Waals surface area contributed by atoms with E-state index in [2.05, 4.69) is 19.2 Å². The zero-order valence-corrected chi connectivity index (χ0v) is 11.2. The Morgan fingerprint density at radius 2 is 2.22 bits per heavy atom. The highest BCUT2D eigenvalue weighted by Crippen LogP contribution is 2.26. The van der Waals surface area contributed by atoms with Crippen LogP contribution < -0.4 is 5.32 Å². The number of hydrogen-bond donors (Lipinski definition) is 1. The maximum absolute atomic E-state index is 13.7. The van der Waals surface area contributed by atoms with E-state index in [4.69, 9.17) is 4.74 Å². The summed E-state index contributed by atoms with van der Waals surface area (Å²) in [7, 11) is 0. The lowest BCUT2D eigenvalue weighted by Gasteiger charge is -2.26. The van der Waals surface area contributed by atoms with E-state index in [1.807, 2.05) is 12.1 Å². The molecule has 1 aromatic carbocycles. The van der Waals surface area contributed by atoms with Gasteiger partial charge in [-0.1, -0.05) is 25.1 Å². The van der Waals surface area contributed by atoms with Crippen LogP contribution in [-0.4, -0.2) is 25.3 Å². The van der Waals surface area contributed by atoms with Crippen molar-refractivity contribution in [2.24, 2.45) is 5.92 Å². The van der Waals surface area contributed by atoms with Crippen LogP contribution in [0.3, 0.4) is 0 Å². The average molecular weight is 251 g/mol. The molecule has 2 nitrogen and oxygen atoms in total. The minimum Gasteiger partial charge on any atom is -0.378 e. The summed E-state index contributed by atoms with van der Waals surface area (Å²) in [5, 5.41) is 3.48. The van der Waals surface area contributed by atoms with E-state index in [0.29, 0.717) is 12.0 Å². The van der Waals surface area contributed by atoms with Crippen molar-refractivity contribution in [3.05, 3.63) is 35.6 Å². The minimum atomic E-state index is -0.105. The number of benzene rings is 1. The fraction of sp³-hybridized carbons (Fsp3) is 0.600. The summed E-state index contributed by atoms with van der Waals surface area (Å²) < 4.78 is 19.3. The van der Waals surface area contributed by atoms with Crippen molar-refractivity contribution in [1.82, 2.24) is 5.32 Å². The summed E-state index contributed by atoms with van der Waals surface area (Å²) in [5.41, 5.74) is 0.794. The first kappa shape index (κ1) is 13.5. The standard InChI is InChI=1S/C15H22FNO/c1-3-17-15(13-8-9-18-11(13)2)10-12-6-4-5-7-14(12)16/h4-7,11,13,15,17H,3,8-10H2,1-2H3. The van der Waals surface area contributed by atoms with Gasteiger partial charge in [-0.25, -0.2) is 4.39 Å². The predicted molar refractivity (Wildman–Crippen MR) is 71.1 cm³/mol. The molecule has 1 aromatic rings. The molecule has 1 aliphatic heterocycles. The lowest BCUT2D eigenvalue weighted by Crippen LogP contribution is -2.41. The molecule has 3 heteroatoms. The molecular formula is C15H22FNO. The second kappa shape index (κ2) is 6.30. The first-order chi connectivity index (χ1) is 8.72. The van der Waals surface area contributed by atoms with Gasteiger partial charge in [0.25, 0.3) is 0 Å². The fourth-order valence-electron chi connectivity index (χ4n) is 2.81. The highest BCUT2D eigenvalue weighted by atomic mass is 19.1. The zero-order valence-electron chi connectivity index (χ0n) is 11.2. The predicted octanol–water partition coefficient (Wildman–Crippen LogP) is 2.77. The molecule has 1 heterocycles. The number of rotatable bonds is 5. The van der Waals surface area contributed by atoms with Crippen molar-refractivity contribution >= 4 is 0 Å². The molecule has 1 aliphatic rings. The second-order valence-electron chi connectivity index (χ2n) is 4.99. The van der Waals surface area contributed by atoms with Gasteiger partial charge in [-0.05, 0) is 37.9 Å². The van der Waals surface area contributed by atoms with E-state index < -0.39 is 0 Å². The van der Waals surface area contributed by atoms with Gasteiger partial charge in [0.1, 0.15) is 5.82 Å². The number of ether oxygens (including phenoxy) is 1. The van der Waals surface area contributed by atoms with Gasteiger partial charge < -0.3 is 10.1 Å². The molecule has 0 aromatic heterocycles. The SMILES string of the molecule is CCNC(Cc1ccccc1F)C1CCOC1C. The van der Waals surface area contributed by atoms with Gasteiger partial charge in [0.05, 0.1) is 6.10 Å². The monoisotopic (exact) mass is 251 g/mol. The van der Waals surface area contributed by atoms with Crippen LogP contribution in [0, 0.1) is 11.7 Å². The van der Waals surface area contributed by atoms with Crippen LogP contribution >= 0.6 is 0 Å². The Balaban J connectivity index is 2.08. The largest absolute Gasteiger partial charge is 0.378 e. The Bertz CT molecular complexity index is 383. The Morgan fingerprint density at radius 3 is 2.83 bits per heavy atom. The molecule has 100 valence electrons. The van der Waals surface area contributed by atoms with Gasteiger partial charge in [-0.15, -0.1) is 0 Å². The Kier molecular flexibility index (Phi) is 4.72. The molecular weight excluding hydrogens is 229 g/mol. The van der Waals surface area contributed by atoms with Crippen molar-refractivity contribution in [3.63, 3.8) is 0 Å². The van der Waals surface area contributed by atoms with Gasteiger partial charge in [0.2, 0.25) is 0 Å². The molecule has 3 atom stereocenters. The van der Waals surface area contributed by atoms with Gasteiger partial charge in [0.15, 0.2) is 0 Å². The highest BCUT2D eigenvalue weighted by Gasteiger charge is 2.31. The number of hydrogen-bond acceptors (Lipinski definition) is 2. The summed E-state index contributed by atoms with van der Waals surface area (Å²) in [6.07, 6.45) is 2.06. The van der Waals surface area contributed by atoms with E-state index in [-0.39, 0.29) is 11.9 Å². The molecule has 3 unspecified atom stereocenters. The third-order valence-electron chi connectivity index (χ3n) is 3.82. The van der Waals surface area contributed by atoms with Crippen molar-refractivity contribution in [1.29, 1.82) is 0 Å². The van der Waals surface area contributed by atoms with Gasteiger partial charge >= 0.3 is 0 Å². The van der Waals surface area contributed by atoms with E-state index in [9.17, 15) is 4.39 Å². The Labute approximate surface area is 109 Å². The maximum atomic E-state index is 13.7. The molecule has 0 saturated carbocycles. The smallest absolute Gasteiger partial charge is 0.126 e. The van der Waals surface area contributed by atoms with E-state index >= 15 is 0 Å². The molecule has 1 N–H and O–H groups in total. The lowest BCUT2D eigenvalue weighted by atomic mass is 9.88. The Hall–Kier alpha value is -0.930. The molecule has 0 amide bonds. The van der Waals surface area contributed by atoms with Crippen molar-refractivity contribution in [2.45, 2.75) is 38.8 Å². The van der Waals surface area contributed by atoms with Crippen LogP contribution in [-0.2, 0) is 11.2 Å². The molecule has 0 radical (unpaired) electrons. The van der Waals surface area contributed by atoms with E-state index in [0.717, 1.165) is 31.6 Å². The van der Waals surface area contributed by atoms with Crippen molar-refractivity contribution < 1.29 is 9.13 Å². The zero-order chi connectivity index (χ0) is 13.0. The molecule has 0 spiro atoms. The van der Waals surface area contributed by atoms with E-state index in [1.54, 1.807) is 6.07 Å². The topological polar surface area (TPSA) is 21.3 Å². The average Bonchev–Trinajstić information content (AvgIpc) is 2.78. The summed E-state index contributed by atoms with van der Waals surface area (Å²) in [6.45, 7) is 5.94. The quantitative estimate of drug-likeness (QED) is 0.869. The van der Waals surface area contributed by atoms with Gasteiger partial charge in [0, 0.05) is 18.6 Å². The van der Waals surface area contributed by atoms with Crippen LogP contribution in [0.15, 0.2) is 24.3 Å². The van der Waals surface area contributed by atoms with Crippen LogP contribution in [0.5, 0.6) is 0 Å². The fourth-order valence-corrected chi connectivity index (χ4v) is 2.81. The minimum absolute atomic E-state index is 0.105. The Morgan fingerprint density at radius 1 is 1.44 bits per heavy atom. The summed E-state index contributed by atoms with van der Waals surface area (Å²) in [4.78, 5) is 0. The molecule has 0 bridgehead atoms. The van der Waals surface area contributed by atoms with Crippen LogP contribution in [0.25, 0.3) is 0 Å². The third kappa shape index (κ3) is 3.09. The first-order valence-corrected chi connectivity index (χ1v) is 6.80. The van der Waals surface area contributed by atoms with Crippen molar-refractivity contribution in [2.75, 3.05) is 13.2 Å². The number of likely N-dealkylation sites (N-methyl/N-ethyl adjacent to an activating group) is 1. The van der Waals surface area contributed by atoms with Gasteiger partial charge in [-0.2, -0.15) is 0 Å². The highest BCUT2D eigenvalue weighted by molar-refractivity contribution is 5.18. The normalized spacial score (nSPS) is 25.3.